The van der Waals surface area contributed by atoms with Gasteiger partial charge < -0.3 is 9.66 Å². The Morgan fingerprint density at radius 3 is 2.13 bits per heavy atom. The first kappa shape index (κ1) is 26.7. The summed E-state index contributed by atoms with van der Waals surface area (Å²) in [6.07, 6.45) is 6.18. The fourth-order valence-corrected chi connectivity index (χ4v) is 11.7. The van der Waals surface area contributed by atoms with Crippen molar-refractivity contribution in [3.05, 3.63) is 36.4 Å². The van der Waals surface area contributed by atoms with E-state index in [4.69, 9.17) is 0 Å². The molecule has 1 heterocycles. The van der Waals surface area contributed by atoms with Crippen LogP contribution in [-0.4, -0.2) is 40.8 Å². The molecular formula is C28H32F4O4S2. The van der Waals surface area contributed by atoms with Crippen LogP contribution in [0, 0.1) is 41.4 Å². The molecule has 7 rings (SSSR count). The highest BCUT2D eigenvalue weighted by Gasteiger charge is 2.73. The second-order valence-corrected chi connectivity index (χ2v) is 15.5. The van der Waals surface area contributed by atoms with Crippen molar-refractivity contribution in [2.24, 2.45) is 41.4 Å². The van der Waals surface area contributed by atoms with Crippen LogP contribution in [0.15, 0.2) is 41.3 Å². The molecule has 4 aliphatic carbocycles. The maximum atomic E-state index is 14.2. The third kappa shape index (κ3) is 3.99. The van der Waals surface area contributed by atoms with Crippen LogP contribution < -0.4 is 0 Å². The Hall–Kier alpha value is -1.52. The minimum atomic E-state index is -6.38. The lowest BCUT2D eigenvalue weighted by Gasteiger charge is -2.43. The fraction of sp³-hybridized carbons (Fsp3) is 0.643. The van der Waals surface area contributed by atoms with E-state index in [1.54, 1.807) is 0 Å². The van der Waals surface area contributed by atoms with Gasteiger partial charge in [0.05, 0.1) is 0 Å². The van der Waals surface area contributed by atoms with Gasteiger partial charge in [-0.3, -0.25) is 0 Å². The standard InChI is InChI=1S/C14H18F4O3S.C14H14OS/c15-13(16,14(17,18)22(19,20)21)10-5-8-4-9(10)12-7-2-1-6(3-7)11(8)12;15-13-7-8-14(16-9-3-4-10-16)12-6-2-1-5-11(12)13/h6-12H,1-5H2,(H,19,20,21);1-2,5-8H,3-4,9-10H2. The normalized spacial score (nSPS) is 34.5. The Kier molecular flexibility index (Phi) is 6.51. The van der Waals surface area contributed by atoms with Gasteiger partial charge in [0.2, 0.25) is 0 Å². The fourth-order valence-electron chi connectivity index (χ4n) is 8.75. The van der Waals surface area contributed by atoms with Gasteiger partial charge >= 0.3 is 11.2 Å². The van der Waals surface area contributed by atoms with E-state index in [9.17, 15) is 35.6 Å². The highest BCUT2D eigenvalue weighted by atomic mass is 32.2. The number of benzene rings is 2. The van der Waals surface area contributed by atoms with Gasteiger partial charge in [-0.05, 0) is 98.7 Å². The summed E-state index contributed by atoms with van der Waals surface area (Å²) >= 11 is 0. The Bertz CT molecular complexity index is 1330. The zero-order chi connectivity index (χ0) is 27.0. The summed E-state index contributed by atoms with van der Waals surface area (Å²) in [6, 6.07) is 12.2. The largest absolute Gasteiger partial charge is 0.743 e. The third-order valence-corrected chi connectivity index (χ3v) is 13.5. The van der Waals surface area contributed by atoms with Gasteiger partial charge in [0.1, 0.15) is 17.3 Å². The number of alkyl halides is 4. The molecule has 4 nitrogen and oxygen atoms in total. The molecule has 1 saturated heterocycles. The Balaban J connectivity index is 0.000000146. The molecule has 0 aromatic heterocycles. The first-order valence-electron chi connectivity index (χ1n) is 13.5. The molecule has 4 bridgehead atoms. The number of phenolic OH excluding ortho intramolecular Hbond substituents is 1. The van der Waals surface area contributed by atoms with Crippen LogP contribution in [0.3, 0.4) is 0 Å². The summed E-state index contributed by atoms with van der Waals surface area (Å²) in [4.78, 5) is 1.45. The predicted molar refractivity (Wildman–Crippen MR) is 137 cm³/mol. The van der Waals surface area contributed by atoms with Gasteiger partial charge in [-0.1, -0.05) is 18.2 Å². The summed E-state index contributed by atoms with van der Waals surface area (Å²) in [5.41, 5.74) is 0. The SMILES string of the molecule is O=S(=O)([O-])C(F)(F)C(F)(F)C1CC2CC1C1C3CCC(C3)C21.Oc1ccc([S+]2CCCC2)c2ccccc12. The number of aromatic hydroxyl groups is 1. The molecule has 0 radical (unpaired) electrons. The van der Waals surface area contributed by atoms with Gasteiger partial charge in [0, 0.05) is 27.6 Å². The van der Waals surface area contributed by atoms with E-state index in [0.717, 1.165) is 24.6 Å². The molecular weight excluding hydrogens is 540 g/mol. The molecule has 208 valence electrons. The molecule has 1 aliphatic heterocycles. The van der Waals surface area contributed by atoms with Crippen LogP contribution >= 0.6 is 0 Å². The summed E-state index contributed by atoms with van der Waals surface area (Å²) in [5, 5.41) is 6.56. The van der Waals surface area contributed by atoms with Crippen molar-refractivity contribution in [2.45, 2.75) is 61.0 Å². The molecule has 38 heavy (non-hydrogen) atoms. The monoisotopic (exact) mass is 572 g/mol. The van der Waals surface area contributed by atoms with E-state index >= 15 is 0 Å². The molecule has 7 atom stereocenters. The molecule has 5 aliphatic rings. The van der Waals surface area contributed by atoms with E-state index in [2.05, 4.69) is 18.2 Å². The average Bonchev–Trinajstić information content (AvgIpc) is 3.70. The Labute approximate surface area is 223 Å². The summed E-state index contributed by atoms with van der Waals surface area (Å²) in [7, 11) is -5.96. The van der Waals surface area contributed by atoms with Crippen LogP contribution in [0.4, 0.5) is 17.6 Å². The number of rotatable bonds is 4. The molecule has 2 aromatic rings. The minimum absolute atomic E-state index is 0.00803. The highest BCUT2D eigenvalue weighted by molar-refractivity contribution is 7.97. The van der Waals surface area contributed by atoms with Crippen molar-refractivity contribution in [3.63, 3.8) is 0 Å². The van der Waals surface area contributed by atoms with E-state index in [-0.39, 0.29) is 18.3 Å². The average molecular weight is 573 g/mol. The van der Waals surface area contributed by atoms with Gasteiger partial charge in [-0.25, -0.2) is 8.42 Å². The maximum Gasteiger partial charge on any atom is 0.396 e. The van der Waals surface area contributed by atoms with Gasteiger partial charge in [0.15, 0.2) is 15.0 Å². The number of hydrogen-bond acceptors (Lipinski definition) is 4. The van der Waals surface area contributed by atoms with E-state index in [1.807, 2.05) is 18.2 Å². The second-order valence-electron chi connectivity index (χ2n) is 11.8. The van der Waals surface area contributed by atoms with Gasteiger partial charge in [0.25, 0.3) is 0 Å². The molecule has 0 amide bonds. The molecule has 1 N–H and O–H groups in total. The molecule has 0 spiro atoms. The van der Waals surface area contributed by atoms with Gasteiger partial charge in [-0.15, -0.1) is 0 Å². The van der Waals surface area contributed by atoms with Crippen LogP contribution in [0.25, 0.3) is 10.8 Å². The van der Waals surface area contributed by atoms with E-state index < -0.39 is 33.1 Å². The molecule has 10 heteroatoms. The van der Waals surface area contributed by atoms with Crippen LogP contribution in [-0.2, 0) is 21.0 Å². The lowest BCUT2D eigenvalue weighted by molar-refractivity contribution is -0.210. The molecule has 4 saturated carbocycles. The van der Waals surface area contributed by atoms with Crippen molar-refractivity contribution in [1.29, 1.82) is 0 Å². The quantitative estimate of drug-likeness (QED) is 0.199. The maximum absolute atomic E-state index is 14.2. The van der Waals surface area contributed by atoms with Crippen LogP contribution in [0.5, 0.6) is 5.75 Å². The Morgan fingerprint density at radius 2 is 1.47 bits per heavy atom. The van der Waals surface area contributed by atoms with Crippen molar-refractivity contribution in [3.8, 4) is 5.75 Å². The highest BCUT2D eigenvalue weighted by Crippen LogP contribution is 2.71. The van der Waals surface area contributed by atoms with Crippen LogP contribution in [0.2, 0.25) is 0 Å². The van der Waals surface area contributed by atoms with Crippen LogP contribution in [0.1, 0.15) is 44.9 Å². The first-order chi connectivity index (χ1) is 17.9. The lowest BCUT2D eigenvalue weighted by Crippen LogP contribution is -2.54. The van der Waals surface area contributed by atoms with Crippen molar-refractivity contribution < 1.29 is 35.6 Å². The van der Waals surface area contributed by atoms with E-state index in [0.29, 0.717) is 40.8 Å². The topological polar surface area (TPSA) is 77.4 Å². The zero-order valence-corrected chi connectivity index (χ0v) is 22.5. The lowest BCUT2D eigenvalue weighted by atomic mass is 9.66. The zero-order valence-electron chi connectivity index (χ0n) is 20.9. The molecule has 5 fully saturated rings. The Morgan fingerprint density at radius 1 is 0.842 bits per heavy atom. The van der Waals surface area contributed by atoms with Crippen molar-refractivity contribution >= 4 is 31.8 Å². The number of fused-ring (bicyclic) bond motifs is 10. The third-order valence-electron chi connectivity index (χ3n) is 10.1. The number of hydrogen-bond donors (Lipinski definition) is 1. The molecule has 2 aromatic carbocycles. The summed E-state index contributed by atoms with van der Waals surface area (Å²) in [5.74, 6) is -2.74. The second kappa shape index (κ2) is 9.26. The van der Waals surface area contributed by atoms with Crippen molar-refractivity contribution in [2.75, 3.05) is 11.5 Å². The summed E-state index contributed by atoms with van der Waals surface area (Å²) in [6.45, 7) is 0. The summed E-state index contributed by atoms with van der Waals surface area (Å²) < 4.78 is 87.5. The number of halogens is 4. The minimum Gasteiger partial charge on any atom is -0.743 e. The predicted octanol–water partition coefficient (Wildman–Crippen LogP) is 6.39. The van der Waals surface area contributed by atoms with E-state index in [1.165, 1.54) is 34.6 Å². The smallest absolute Gasteiger partial charge is 0.396 e. The number of phenols is 1. The first-order valence-corrected chi connectivity index (χ1v) is 16.5. The van der Waals surface area contributed by atoms with Gasteiger partial charge in [-0.2, -0.15) is 17.6 Å². The van der Waals surface area contributed by atoms with Crippen molar-refractivity contribution in [1.82, 2.24) is 0 Å². The molecule has 7 unspecified atom stereocenters.